The van der Waals surface area contributed by atoms with Crippen molar-refractivity contribution in [2.24, 2.45) is 5.92 Å². The lowest BCUT2D eigenvalue weighted by Crippen LogP contribution is -2.47. The Balaban J connectivity index is 1.52. The average Bonchev–Trinajstić information content (AvgIpc) is 3.08. The van der Waals surface area contributed by atoms with Crippen molar-refractivity contribution in [1.82, 2.24) is 20.0 Å². The van der Waals surface area contributed by atoms with Crippen molar-refractivity contribution in [3.05, 3.63) is 18.0 Å². The number of carbonyl (C=O) groups is 1. The molecule has 1 N–H and O–H groups in total. The molecule has 2 aliphatic rings. The molecule has 5 nitrogen and oxygen atoms in total. The Hall–Kier alpha value is -1.57. The minimum absolute atomic E-state index is 0.103. The first-order valence-electron chi connectivity index (χ1n) is 8.49. The van der Waals surface area contributed by atoms with Crippen molar-refractivity contribution in [3.63, 3.8) is 0 Å². The van der Waals surface area contributed by atoms with Gasteiger partial charge >= 0.3 is 6.18 Å². The molecule has 0 aromatic carbocycles. The third-order valence-electron chi connectivity index (χ3n) is 5.03. The molecule has 0 bridgehead atoms. The number of amides is 1. The largest absolute Gasteiger partial charge is 0.401 e. The molecule has 1 aromatic heterocycles. The number of piperidine rings is 2. The molecule has 0 aliphatic carbocycles. The van der Waals surface area contributed by atoms with E-state index in [4.69, 9.17) is 0 Å². The second kappa shape index (κ2) is 7.13. The molecule has 134 valence electrons. The van der Waals surface area contributed by atoms with Crippen molar-refractivity contribution in [3.8, 4) is 0 Å². The van der Waals surface area contributed by atoms with Gasteiger partial charge in [0.25, 0.3) is 0 Å². The van der Waals surface area contributed by atoms with Crippen LogP contribution in [0.2, 0.25) is 0 Å². The number of aromatic nitrogens is 2. The number of alkyl halides is 3. The maximum absolute atomic E-state index is 12.7. The number of H-pyrrole nitrogens is 1. The quantitative estimate of drug-likeness (QED) is 0.916. The molecule has 0 unspecified atom stereocenters. The van der Waals surface area contributed by atoms with Crippen molar-refractivity contribution in [1.29, 1.82) is 0 Å². The molecule has 2 aliphatic heterocycles. The summed E-state index contributed by atoms with van der Waals surface area (Å²) >= 11 is 0. The van der Waals surface area contributed by atoms with Crippen LogP contribution in [0, 0.1) is 5.92 Å². The Morgan fingerprint density at radius 3 is 2.62 bits per heavy atom. The number of nitrogens with one attached hydrogen (secondary N) is 1. The van der Waals surface area contributed by atoms with Gasteiger partial charge in [0.1, 0.15) is 0 Å². The number of likely N-dealkylation sites (tertiary alicyclic amines) is 2. The van der Waals surface area contributed by atoms with Gasteiger partial charge in [-0.2, -0.15) is 18.3 Å². The topological polar surface area (TPSA) is 52.2 Å². The second-order valence-corrected chi connectivity index (χ2v) is 6.80. The van der Waals surface area contributed by atoms with Crippen LogP contribution in [0.3, 0.4) is 0 Å². The molecule has 1 amide bonds. The molecule has 3 rings (SSSR count). The van der Waals surface area contributed by atoms with Crippen molar-refractivity contribution >= 4 is 5.91 Å². The van der Waals surface area contributed by atoms with Gasteiger partial charge in [-0.3, -0.25) is 14.8 Å². The average molecular weight is 344 g/mol. The Kier molecular flexibility index (Phi) is 5.12. The van der Waals surface area contributed by atoms with E-state index in [-0.39, 0.29) is 17.7 Å². The van der Waals surface area contributed by atoms with E-state index in [0.29, 0.717) is 32.5 Å². The van der Waals surface area contributed by atoms with E-state index in [0.717, 1.165) is 25.1 Å². The highest BCUT2D eigenvalue weighted by atomic mass is 19.4. The van der Waals surface area contributed by atoms with Crippen LogP contribution in [-0.2, 0) is 4.79 Å². The summed E-state index contributed by atoms with van der Waals surface area (Å²) in [6.07, 6.45) is 0.548. The Labute approximate surface area is 139 Å². The number of halogens is 3. The van der Waals surface area contributed by atoms with Crippen molar-refractivity contribution in [2.45, 2.75) is 37.8 Å². The van der Waals surface area contributed by atoms with Gasteiger partial charge in [-0.1, -0.05) is 0 Å². The number of aromatic amines is 1. The zero-order chi connectivity index (χ0) is 17.2. The predicted octanol–water partition coefficient (Wildman–Crippen LogP) is 2.39. The summed E-state index contributed by atoms with van der Waals surface area (Å²) in [5, 5.41) is 6.94. The summed E-state index contributed by atoms with van der Waals surface area (Å²) in [6.45, 7) is 1.22. The van der Waals surface area contributed by atoms with Gasteiger partial charge in [0, 0.05) is 36.8 Å². The van der Waals surface area contributed by atoms with Crippen LogP contribution in [0.25, 0.3) is 0 Å². The number of hydrogen-bond donors (Lipinski definition) is 1. The van der Waals surface area contributed by atoms with Crippen LogP contribution < -0.4 is 0 Å². The van der Waals surface area contributed by atoms with Gasteiger partial charge in [-0.05, 0) is 44.8 Å². The first kappa shape index (κ1) is 17.3. The smallest absolute Gasteiger partial charge is 0.342 e. The summed E-state index contributed by atoms with van der Waals surface area (Å²) < 4.78 is 37.3. The molecule has 1 aromatic rings. The standard InChI is InChI=1S/C16H23F3N4O/c17-16(18,19)11-22-8-4-12(5-9-22)15(24)23-7-1-2-13(10-23)14-3-6-20-21-14/h3,6,12-13H,1-2,4-5,7-11H2,(H,20,21)/t13-/m0/s1. The maximum atomic E-state index is 12.7. The summed E-state index contributed by atoms with van der Waals surface area (Å²) in [6, 6.07) is 1.94. The van der Waals surface area contributed by atoms with Gasteiger partial charge in [-0.15, -0.1) is 0 Å². The van der Waals surface area contributed by atoms with E-state index < -0.39 is 12.7 Å². The molecule has 1 atom stereocenters. The van der Waals surface area contributed by atoms with Gasteiger partial charge in [-0.25, -0.2) is 0 Å². The van der Waals surface area contributed by atoms with E-state index >= 15 is 0 Å². The predicted molar refractivity (Wildman–Crippen MR) is 82.4 cm³/mol. The van der Waals surface area contributed by atoms with Gasteiger partial charge in [0.2, 0.25) is 5.91 Å². The van der Waals surface area contributed by atoms with E-state index in [9.17, 15) is 18.0 Å². The van der Waals surface area contributed by atoms with Crippen LogP contribution in [0.4, 0.5) is 13.2 Å². The first-order chi connectivity index (χ1) is 11.4. The zero-order valence-corrected chi connectivity index (χ0v) is 13.6. The lowest BCUT2D eigenvalue weighted by molar-refractivity contribution is -0.151. The Morgan fingerprint density at radius 2 is 2.00 bits per heavy atom. The fraction of sp³-hybridized carbons (Fsp3) is 0.750. The molecular weight excluding hydrogens is 321 g/mol. The van der Waals surface area contributed by atoms with Crippen LogP contribution in [0.15, 0.2) is 12.3 Å². The minimum Gasteiger partial charge on any atom is -0.342 e. The van der Waals surface area contributed by atoms with Crippen LogP contribution in [-0.4, -0.2) is 64.8 Å². The first-order valence-corrected chi connectivity index (χ1v) is 8.49. The number of carbonyl (C=O) groups excluding carboxylic acids is 1. The molecular formula is C16H23F3N4O. The third-order valence-corrected chi connectivity index (χ3v) is 5.03. The SMILES string of the molecule is O=C(C1CCN(CC(F)(F)F)CC1)N1CCC[C@H](c2ccn[nH]2)C1. The zero-order valence-electron chi connectivity index (χ0n) is 13.6. The molecule has 2 saturated heterocycles. The molecule has 24 heavy (non-hydrogen) atoms. The van der Waals surface area contributed by atoms with E-state index in [2.05, 4.69) is 10.2 Å². The highest BCUT2D eigenvalue weighted by Gasteiger charge is 2.36. The normalized spacial score (nSPS) is 24.3. The number of hydrogen-bond acceptors (Lipinski definition) is 3. The van der Waals surface area contributed by atoms with E-state index in [1.807, 2.05) is 11.0 Å². The lowest BCUT2D eigenvalue weighted by atomic mass is 9.91. The Morgan fingerprint density at radius 1 is 1.25 bits per heavy atom. The van der Waals surface area contributed by atoms with Crippen LogP contribution >= 0.6 is 0 Å². The highest BCUT2D eigenvalue weighted by molar-refractivity contribution is 5.79. The molecule has 0 radical (unpaired) electrons. The summed E-state index contributed by atoms with van der Waals surface area (Å²) in [5.74, 6) is 0.233. The fourth-order valence-corrected chi connectivity index (χ4v) is 3.77. The van der Waals surface area contributed by atoms with E-state index in [1.54, 1.807) is 6.20 Å². The third kappa shape index (κ3) is 4.28. The van der Waals surface area contributed by atoms with Crippen LogP contribution in [0.5, 0.6) is 0 Å². The van der Waals surface area contributed by atoms with Gasteiger partial charge in [0.05, 0.1) is 6.54 Å². The minimum atomic E-state index is -4.17. The van der Waals surface area contributed by atoms with Gasteiger partial charge < -0.3 is 4.90 Å². The van der Waals surface area contributed by atoms with Crippen LogP contribution in [0.1, 0.15) is 37.3 Å². The molecule has 0 spiro atoms. The fourth-order valence-electron chi connectivity index (χ4n) is 3.77. The lowest BCUT2D eigenvalue weighted by Gasteiger charge is -2.37. The maximum Gasteiger partial charge on any atom is 0.401 e. The van der Waals surface area contributed by atoms with Crippen molar-refractivity contribution in [2.75, 3.05) is 32.7 Å². The second-order valence-electron chi connectivity index (χ2n) is 6.80. The summed E-state index contributed by atoms with van der Waals surface area (Å²) in [5.41, 5.74) is 1.05. The van der Waals surface area contributed by atoms with Gasteiger partial charge in [0.15, 0.2) is 0 Å². The van der Waals surface area contributed by atoms with E-state index in [1.165, 1.54) is 4.90 Å². The number of nitrogens with zero attached hydrogens (tertiary/aromatic N) is 3. The molecule has 0 saturated carbocycles. The van der Waals surface area contributed by atoms with Crippen molar-refractivity contribution < 1.29 is 18.0 Å². The highest BCUT2D eigenvalue weighted by Crippen LogP contribution is 2.29. The molecule has 2 fully saturated rings. The summed E-state index contributed by atoms with van der Waals surface area (Å²) in [7, 11) is 0. The molecule has 3 heterocycles. The summed E-state index contributed by atoms with van der Waals surface area (Å²) in [4.78, 5) is 16.0. The molecule has 8 heteroatoms. The Bertz CT molecular complexity index is 538. The monoisotopic (exact) mass is 344 g/mol. The number of rotatable bonds is 3.